The number of fused-ring (bicyclic) bond motifs is 1. The molecule has 4 rings (SSSR count). The number of hydrogen-bond donors (Lipinski definition) is 5. The molecule has 0 saturated carbocycles. The summed E-state index contributed by atoms with van der Waals surface area (Å²) in [5, 5.41) is 12.5. The van der Waals surface area contributed by atoms with Crippen LogP contribution in [-0.4, -0.2) is 58.1 Å². The zero-order chi connectivity index (χ0) is 22.3. The molecule has 1 saturated heterocycles. The van der Waals surface area contributed by atoms with Crippen LogP contribution in [0.3, 0.4) is 0 Å². The molecule has 0 aliphatic carbocycles. The average Bonchev–Trinajstić information content (AvgIpc) is 3.28. The SMILES string of the molecule is CN1CC(N)[C@H](Nc2nc3c(F)c(F)cc(C(=Nc4ccc(F)c(Cl)c4)NO)c3[nH]2)C1. The van der Waals surface area contributed by atoms with E-state index in [0.29, 0.717) is 13.1 Å². The second-order valence-corrected chi connectivity index (χ2v) is 7.74. The molecule has 0 radical (unpaired) electrons. The van der Waals surface area contributed by atoms with Crippen molar-refractivity contribution in [3.63, 3.8) is 0 Å². The standard InChI is InChI=1S/C19H19ClF3N7O/c1-30-6-13(24)14(7-30)26-19-27-16-9(5-12(22)15(23)17(16)28-19)18(29-31)25-8-2-3-11(21)10(20)4-8/h2-5,13-14,31H,6-7,24H2,1H3,(H,25,29)(H2,26,27,28)/t13?,14-/m1/s1. The van der Waals surface area contributed by atoms with Gasteiger partial charge in [-0.2, -0.15) is 0 Å². The van der Waals surface area contributed by atoms with Gasteiger partial charge in [-0.25, -0.2) is 23.1 Å². The van der Waals surface area contributed by atoms with E-state index in [9.17, 15) is 18.4 Å². The maximum absolute atomic E-state index is 14.4. The molecule has 2 aromatic carbocycles. The van der Waals surface area contributed by atoms with Crippen molar-refractivity contribution < 1.29 is 18.4 Å². The van der Waals surface area contributed by atoms with Crippen LogP contribution >= 0.6 is 11.6 Å². The van der Waals surface area contributed by atoms with Gasteiger partial charge in [0.15, 0.2) is 17.5 Å². The van der Waals surface area contributed by atoms with Crippen LogP contribution in [0.25, 0.3) is 11.0 Å². The number of imidazole rings is 1. The number of amidine groups is 1. The second-order valence-electron chi connectivity index (χ2n) is 7.34. The van der Waals surface area contributed by atoms with Crippen molar-refractivity contribution in [2.75, 3.05) is 25.5 Å². The lowest BCUT2D eigenvalue weighted by Crippen LogP contribution is -2.39. The summed E-state index contributed by atoms with van der Waals surface area (Å²) in [5.41, 5.74) is 7.96. The molecule has 164 valence electrons. The van der Waals surface area contributed by atoms with Crippen molar-refractivity contribution in [2.24, 2.45) is 10.7 Å². The third-order valence-corrected chi connectivity index (χ3v) is 5.33. The number of hydrogen-bond acceptors (Lipinski definition) is 6. The molecule has 1 aliphatic rings. The van der Waals surface area contributed by atoms with E-state index in [1.54, 1.807) is 0 Å². The fraction of sp³-hybridized carbons (Fsp3) is 0.263. The number of aromatic amines is 1. The number of likely N-dealkylation sites (N-methyl/N-ethyl adjacent to an activating group) is 1. The van der Waals surface area contributed by atoms with Crippen LogP contribution in [0.1, 0.15) is 5.56 Å². The van der Waals surface area contributed by atoms with Gasteiger partial charge >= 0.3 is 0 Å². The third-order valence-electron chi connectivity index (χ3n) is 5.04. The Labute approximate surface area is 179 Å². The fourth-order valence-corrected chi connectivity index (χ4v) is 3.72. The highest BCUT2D eigenvalue weighted by atomic mass is 35.5. The van der Waals surface area contributed by atoms with Crippen LogP contribution < -0.4 is 16.5 Å². The number of aromatic nitrogens is 2. The molecule has 1 fully saturated rings. The van der Waals surface area contributed by atoms with E-state index in [-0.39, 0.29) is 51.2 Å². The van der Waals surface area contributed by atoms with Gasteiger partial charge < -0.3 is 20.9 Å². The minimum Gasteiger partial charge on any atom is -0.350 e. The molecule has 1 aliphatic heterocycles. The lowest BCUT2D eigenvalue weighted by molar-refractivity contribution is 0.235. The highest BCUT2D eigenvalue weighted by Gasteiger charge is 2.29. The minimum atomic E-state index is -1.18. The van der Waals surface area contributed by atoms with Gasteiger partial charge in [-0.05, 0) is 31.3 Å². The number of nitrogens with two attached hydrogens (primary N) is 1. The Bertz CT molecular complexity index is 1170. The number of benzene rings is 2. The van der Waals surface area contributed by atoms with Gasteiger partial charge in [0, 0.05) is 24.7 Å². The molecule has 2 heterocycles. The Kier molecular flexibility index (Phi) is 5.75. The van der Waals surface area contributed by atoms with Crippen molar-refractivity contribution in [1.29, 1.82) is 0 Å². The van der Waals surface area contributed by atoms with E-state index in [1.165, 1.54) is 12.1 Å². The molecule has 8 nitrogen and oxygen atoms in total. The predicted octanol–water partition coefficient (Wildman–Crippen LogP) is 2.74. The van der Waals surface area contributed by atoms with Crippen molar-refractivity contribution in [2.45, 2.75) is 12.1 Å². The predicted molar refractivity (Wildman–Crippen MR) is 111 cm³/mol. The third kappa shape index (κ3) is 4.17. The molecule has 0 bridgehead atoms. The maximum atomic E-state index is 14.4. The van der Waals surface area contributed by atoms with Gasteiger partial charge in [0.25, 0.3) is 0 Å². The first kappa shape index (κ1) is 21.4. The van der Waals surface area contributed by atoms with Crippen LogP contribution in [0, 0.1) is 17.5 Å². The second kappa shape index (κ2) is 8.35. The van der Waals surface area contributed by atoms with Gasteiger partial charge in [-0.1, -0.05) is 11.6 Å². The number of aliphatic imine (C=N–C) groups is 1. The molecule has 1 aromatic heterocycles. The van der Waals surface area contributed by atoms with Crippen LogP contribution in [0.4, 0.5) is 24.8 Å². The van der Waals surface area contributed by atoms with E-state index in [0.717, 1.165) is 12.1 Å². The Hall–Kier alpha value is -2.86. The first-order valence-corrected chi connectivity index (χ1v) is 9.67. The Morgan fingerprint density at radius 3 is 2.71 bits per heavy atom. The first-order valence-electron chi connectivity index (χ1n) is 9.29. The maximum Gasteiger partial charge on any atom is 0.201 e. The highest BCUT2D eigenvalue weighted by molar-refractivity contribution is 6.31. The zero-order valence-electron chi connectivity index (χ0n) is 16.3. The van der Waals surface area contributed by atoms with Crippen LogP contribution in [0.5, 0.6) is 0 Å². The number of hydroxylamine groups is 1. The van der Waals surface area contributed by atoms with E-state index >= 15 is 0 Å². The molecule has 0 amide bonds. The lowest BCUT2D eigenvalue weighted by atomic mass is 10.1. The van der Waals surface area contributed by atoms with Crippen LogP contribution in [-0.2, 0) is 0 Å². The Morgan fingerprint density at radius 2 is 2.06 bits per heavy atom. The molecule has 31 heavy (non-hydrogen) atoms. The number of anilines is 1. The van der Waals surface area contributed by atoms with Crippen molar-refractivity contribution in [3.8, 4) is 0 Å². The number of nitrogens with one attached hydrogen (secondary N) is 3. The van der Waals surface area contributed by atoms with Gasteiger partial charge in [0.1, 0.15) is 11.3 Å². The van der Waals surface area contributed by atoms with E-state index in [2.05, 4.69) is 20.3 Å². The summed E-state index contributed by atoms with van der Waals surface area (Å²) in [6, 6.07) is 4.18. The van der Waals surface area contributed by atoms with E-state index < -0.39 is 17.5 Å². The normalized spacial score (nSPS) is 19.9. The summed E-state index contributed by atoms with van der Waals surface area (Å²) in [6.45, 7) is 1.33. The zero-order valence-corrected chi connectivity index (χ0v) is 17.0. The van der Waals surface area contributed by atoms with E-state index in [4.69, 9.17) is 17.3 Å². The molecule has 6 N–H and O–H groups in total. The van der Waals surface area contributed by atoms with E-state index in [1.807, 2.05) is 17.4 Å². The molecule has 3 aromatic rings. The smallest absolute Gasteiger partial charge is 0.201 e. The molecular formula is C19H19ClF3N7O. The Balaban J connectivity index is 1.77. The molecule has 1 unspecified atom stereocenters. The van der Waals surface area contributed by atoms with Gasteiger partial charge in [-0.3, -0.25) is 10.7 Å². The summed E-state index contributed by atoms with van der Waals surface area (Å²) in [4.78, 5) is 13.2. The van der Waals surface area contributed by atoms with Gasteiger partial charge in [0.05, 0.1) is 22.3 Å². The number of halogens is 4. The fourth-order valence-electron chi connectivity index (χ4n) is 3.55. The minimum absolute atomic E-state index is 0.00485. The molecule has 12 heteroatoms. The largest absolute Gasteiger partial charge is 0.350 e. The summed E-state index contributed by atoms with van der Waals surface area (Å²) < 4.78 is 42.1. The van der Waals surface area contributed by atoms with Crippen molar-refractivity contribution in [1.82, 2.24) is 20.3 Å². The summed E-state index contributed by atoms with van der Waals surface area (Å²) in [6.07, 6.45) is 0. The molecule has 0 spiro atoms. The Morgan fingerprint density at radius 1 is 1.29 bits per heavy atom. The lowest BCUT2D eigenvalue weighted by Gasteiger charge is -2.15. The monoisotopic (exact) mass is 453 g/mol. The number of nitrogens with zero attached hydrogens (tertiary/aromatic N) is 3. The van der Waals surface area contributed by atoms with Crippen LogP contribution in [0.15, 0.2) is 29.3 Å². The summed E-state index contributed by atoms with van der Waals surface area (Å²) in [5.74, 6) is -3.01. The number of rotatable bonds is 4. The van der Waals surface area contributed by atoms with Gasteiger partial charge in [-0.15, -0.1) is 0 Å². The molecular weight excluding hydrogens is 435 g/mol. The number of H-pyrrole nitrogens is 1. The topological polar surface area (TPSA) is 115 Å². The molecule has 2 atom stereocenters. The first-order chi connectivity index (χ1) is 14.8. The summed E-state index contributed by atoms with van der Waals surface area (Å²) in [7, 11) is 1.92. The van der Waals surface area contributed by atoms with Crippen LogP contribution in [0.2, 0.25) is 5.02 Å². The number of likely N-dealkylation sites (tertiary alicyclic amines) is 1. The average molecular weight is 454 g/mol. The van der Waals surface area contributed by atoms with Crippen molar-refractivity contribution >= 4 is 40.1 Å². The summed E-state index contributed by atoms with van der Waals surface area (Å²) >= 11 is 5.76. The highest BCUT2D eigenvalue weighted by Crippen LogP contribution is 2.27. The van der Waals surface area contributed by atoms with Crippen molar-refractivity contribution in [3.05, 3.63) is 52.3 Å². The quantitative estimate of drug-likeness (QED) is 0.236. The van der Waals surface area contributed by atoms with Gasteiger partial charge in [0.2, 0.25) is 5.95 Å².